The average molecular weight is 447 g/mol. The molecule has 0 radical (unpaired) electrons. The molecule has 0 spiro atoms. The summed E-state index contributed by atoms with van der Waals surface area (Å²) in [6, 6.07) is 12.7. The Bertz CT molecular complexity index is 914. The SMILES string of the molecule is CC(C)Oc1cccc(C(=O)NC(=S)Nc2ccc(N3CCN(C)CC3)c(Cl)c2)c1. The van der Waals surface area contributed by atoms with E-state index in [9.17, 15) is 4.79 Å². The third kappa shape index (κ3) is 6.08. The summed E-state index contributed by atoms with van der Waals surface area (Å²) in [6.07, 6.45) is 0.0321. The second-order valence-electron chi connectivity index (χ2n) is 7.56. The summed E-state index contributed by atoms with van der Waals surface area (Å²) < 4.78 is 5.64. The number of carbonyl (C=O) groups excluding carboxylic acids is 1. The zero-order valence-corrected chi connectivity index (χ0v) is 19.0. The maximum Gasteiger partial charge on any atom is 0.257 e. The maximum absolute atomic E-state index is 12.5. The fourth-order valence-corrected chi connectivity index (χ4v) is 3.72. The first-order chi connectivity index (χ1) is 14.3. The van der Waals surface area contributed by atoms with E-state index in [2.05, 4.69) is 27.5 Å². The molecule has 0 unspecified atom stereocenters. The normalized spacial score (nSPS) is 14.5. The molecule has 0 bridgehead atoms. The van der Waals surface area contributed by atoms with Gasteiger partial charge in [-0.05, 0) is 69.5 Å². The van der Waals surface area contributed by atoms with E-state index in [-0.39, 0.29) is 17.1 Å². The van der Waals surface area contributed by atoms with Crippen LogP contribution < -0.4 is 20.3 Å². The molecule has 0 atom stereocenters. The van der Waals surface area contributed by atoms with Crippen molar-refractivity contribution in [3.63, 3.8) is 0 Å². The summed E-state index contributed by atoms with van der Waals surface area (Å²) in [5.74, 6) is 0.338. The van der Waals surface area contributed by atoms with Gasteiger partial charge >= 0.3 is 0 Å². The Morgan fingerprint density at radius 3 is 2.53 bits per heavy atom. The Morgan fingerprint density at radius 2 is 1.87 bits per heavy atom. The summed E-state index contributed by atoms with van der Waals surface area (Å²) in [6.45, 7) is 7.78. The van der Waals surface area contributed by atoms with Gasteiger partial charge in [0, 0.05) is 37.4 Å². The molecule has 0 aromatic heterocycles. The fourth-order valence-electron chi connectivity index (χ4n) is 3.21. The van der Waals surface area contributed by atoms with E-state index in [1.165, 1.54) is 0 Å². The number of rotatable bonds is 5. The zero-order valence-electron chi connectivity index (χ0n) is 17.4. The molecule has 2 N–H and O–H groups in total. The highest BCUT2D eigenvalue weighted by molar-refractivity contribution is 7.80. The molecule has 0 aliphatic carbocycles. The third-order valence-corrected chi connectivity index (χ3v) is 5.25. The van der Waals surface area contributed by atoms with E-state index < -0.39 is 0 Å². The minimum Gasteiger partial charge on any atom is -0.491 e. The van der Waals surface area contributed by atoms with Crippen LogP contribution in [0.2, 0.25) is 5.02 Å². The van der Waals surface area contributed by atoms with Crippen LogP contribution in [0.1, 0.15) is 24.2 Å². The Balaban J connectivity index is 1.59. The van der Waals surface area contributed by atoms with Crippen molar-refractivity contribution < 1.29 is 9.53 Å². The monoisotopic (exact) mass is 446 g/mol. The van der Waals surface area contributed by atoms with Crippen LogP contribution in [0.4, 0.5) is 11.4 Å². The number of hydrogen-bond donors (Lipinski definition) is 2. The van der Waals surface area contributed by atoms with Gasteiger partial charge in [0.15, 0.2) is 5.11 Å². The highest BCUT2D eigenvalue weighted by Crippen LogP contribution is 2.29. The predicted octanol–water partition coefficient (Wildman–Crippen LogP) is 4.01. The van der Waals surface area contributed by atoms with Crippen LogP contribution >= 0.6 is 23.8 Å². The highest BCUT2D eigenvalue weighted by Gasteiger charge is 2.17. The second kappa shape index (κ2) is 10.1. The number of hydrogen-bond acceptors (Lipinski definition) is 5. The quantitative estimate of drug-likeness (QED) is 0.677. The van der Waals surface area contributed by atoms with Crippen LogP contribution in [0.3, 0.4) is 0 Å². The highest BCUT2D eigenvalue weighted by atomic mass is 35.5. The van der Waals surface area contributed by atoms with Gasteiger partial charge < -0.3 is 19.9 Å². The molecule has 8 heteroatoms. The average Bonchev–Trinajstić information content (AvgIpc) is 2.68. The molecule has 6 nitrogen and oxygen atoms in total. The lowest BCUT2D eigenvalue weighted by molar-refractivity contribution is 0.0977. The second-order valence-corrected chi connectivity index (χ2v) is 8.37. The molecule has 160 valence electrons. The Morgan fingerprint density at radius 1 is 1.13 bits per heavy atom. The molecule has 30 heavy (non-hydrogen) atoms. The van der Waals surface area contributed by atoms with Crippen LogP contribution in [0, 0.1) is 0 Å². The molecule has 3 rings (SSSR count). The number of halogens is 1. The number of ether oxygens (including phenoxy) is 1. The number of carbonyl (C=O) groups is 1. The van der Waals surface area contributed by atoms with Gasteiger partial charge in [-0.25, -0.2) is 0 Å². The molecule has 1 saturated heterocycles. The lowest BCUT2D eigenvalue weighted by Crippen LogP contribution is -2.44. The van der Waals surface area contributed by atoms with Gasteiger partial charge in [-0.3, -0.25) is 10.1 Å². The molecule has 2 aromatic rings. The molecule has 1 amide bonds. The number of piperazine rings is 1. The summed E-state index contributed by atoms with van der Waals surface area (Å²) in [5.41, 5.74) is 2.20. The third-order valence-electron chi connectivity index (χ3n) is 4.74. The van der Waals surface area contributed by atoms with Crippen LogP contribution in [0.25, 0.3) is 0 Å². The number of anilines is 2. The standard InChI is InChI=1S/C22H27ClN4O2S/c1-15(2)29-18-6-4-5-16(13-18)21(28)25-22(30)24-17-7-8-20(19(23)14-17)27-11-9-26(3)10-12-27/h4-8,13-15H,9-12H2,1-3H3,(H2,24,25,28,30). The van der Waals surface area contributed by atoms with Crippen molar-refractivity contribution in [2.24, 2.45) is 0 Å². The van der Waals surface area contributed by atoms with Crippen molar-refractivity contribution in [2.75, 3.05) is 43.4 Å². The summed E-state index contributed by atoms with van der Waals surface area (Å²) >= 11 is 11.8. The predicted molar refractivity (Wildman–Crippen MR) is 127 cm³/mol. The van der Waals surface area contributed by atoms with Crippen molar-refractivity contribution in [3.05, 3.63) is 53.1 Å². The van der Waals surface area contributed by atoms with E-state index in [4.69, 9.17) is 28.6 Å². The van der Waals surface area contributed by atoms with Crippen molar-refractivity contribution in [1.29, 1.82) is 0 Å². The molecular formula is C22H27ClN4O2S. The van der Waals surface area contributed by atoms with Crippen LogP contribution in [-0.4, -0.2) is 55.3 Å². The lowest BCUT2D eigenvalue weighted by Gasteiger charge is -2.34. The van der Waals surface area contributed by atoms with Crippen LogP contribution in [0.5, 0.6) is 5.75 Å². The summed E-state index contributed by atoms with van der Waals surface area (Å²) in [4.78, 5) is 17.1. The van der Waals surface area contributed by atoms with Gasteiger partial charge in [-0.2, -0.15) is 0 Å². The van der Waals surface area contributed by atoms with E-state index in [0.717, 1.165) is 37.6 Å². The minimum absolute atomic E-state index is 0.0321. The Hall–Kier alpha value is -2.35. The first-order valence-electron chi connectivity index (χ1n) is 9.94. The van der Waals surface area contributed by atoms with Crippen LogP contribution in [-0.2, 0) is 0 Å². The number of nitrogens with one attached hydrogen (secondary N) is 2. The van der Waals surface area contributed by atoms with Gasteiger partial charge in [0.05, 0.1) is 16.8 Å². The molecule has 2 aromatic carbocycles. The first kappa shape index (κ1) is 22.3. The fraction of sp³-hybridized carbons (Fsp3) is 0.364. The Kier molecular flexibility index (Phi) is 7.53. The lowest BCUT2D eigenvalue weighted by atomic mass is 10.2. The van der Waals surface area contributed by atoms with E-state index >= 15 is 0 Å². The molecule has 1 heterocycles. The van der Waals surface area contributed by atoms with E-state index in [0.29, 0.717) is 16.3 Å². The molecule has 1 fully saturated rings. The number of nitrogens with zero attached hydrogens (tertiary/aromatic N) is 2. The zero-order chi connectivity index (χ0) is 21.7. The molecule has 1 aliphatic heterocycles. The van der Waals surface area contributed by atoms with Crippen molar-refractivity contribution in [2.45, 2.75) is 20.0 Å². The number of amides is 1. The number of likely N-dealkylation sites (N-methyl/N-ethyl adjacent to an activating group) is 1. The van der Waals surface area contributed by atoms with Crippen LogP contribution in [0.15, 0.2) is 42.5 Å². The molecular weight excluding hydrogens is 420 g/mol. The first-order valence-corrected chi connectivity index (χ1v) is 10.7. The van der Waals surface area contributed by atoms with Gasteiger partial charge in [-0.1, -0.05) is 17.7 Å². The number of thiocarbonyl (C=S) groups is 1. The summed E-state index contributed by atoms with van der Waals surface area (Å²) in [7, 11) is 2.12. The van der Waals surface area contributed by atoms with E-state index in [1.54, 1.807) is 18.2 Å². The number of benzene rings is 2. The van der Waals surface area contributed by atoms with Crippen molar-refractivity contribution in [3.8, 4) is 5.75 Å². The largest absolute Gasteiger partial charge is 0.491 e. The van der Waals surface area contributed by atoms with Gasteiger partial charge in [0.25, 0.3) is 5.91 Å². The van der Waals surface area contributed by atoms with Gasteiger partial charge in [-0.15, -0.1) is 0 Å². The summed E-state index contributed by atoms with van der Waals surface area (Å²) in [5, 5.41) is 6.58. The maximum atomic E-state index is 12.5. The Labute approximate surface area is 188 Å². The van der Waals surface area contributed by atoms with Gasteiger partial charge in [0.1, 0.15) is 5.75 Å². The van der Waals surface area contributed by atoms with E-state index in [1.807, 2.05) is 38.1 Å². The molecule has 1 aliphatic rings. The van der Waals surface area contributed by atoms with Crippen molar-refractivity contribution in [1.82, 2.24) is 10.2 Å². The minimum atomic E-state index is -0.304. The molecule has 0 saturated carbocycles. The van der Waals surface area contributed by atoms with Gasteiger partial charge in [0.2, 0.25) is 0 Å². The smallest absolute Gasteiger partial charge is 0.257 e. The van der Waals surface area contributed by atoms with Crippen molar-refractivity contribution >= 4 is 46.2 Å². The topological polar surface area (TPSA) is 56.8 Å².